The number of aryl methyl sites for hydroxylation is 1. The second kappa shape index (κ2) is 7.31. The number of hydrogen-bond acceptors (Lipinski definition) is 5. The van der Waals surface area contributed by atoms with Gasteiger partial charge in [0, 0.05) is 0 Å². The van der Waals surface area contributed by atoms with Gasteiger partial charge in [0.25, 0.3) is 5.91 Å². The van der Waals surface area contributed by atoms with Crippen LogP contribution in [0, 0.1) is 12.7 Å². The Morgan fingerprint density at radius 2 is 2.00 bits per heavy atom. The molecule has 3 aromatic rings. The smallest absolute Gasteiger partial charge is 0.348 e. The molecule has 1 aromatic carbocycles. The summed E-state index contributed by atoms with van der Waals surface area (Å²) in [5.41, 5.74) is 1.39. The molecule has 25 heavy (non-hydrogen) atoms. The molecule has 1 amide bonds. The van der Waals surface area contributed by atoms with Gasteiger partial charge in [0.1, 0.15) is 17.3 Å². The Balaban J connectivity index is 1.64. The van der Waals surface area contributed by atoms with Crippen LogP contribution in [0.25, 0.3) is 0 Å². The van der Waals surface area contributed by atoms with Crippen molar-refractivity contribution < 1.29 is 23.1 Å². The molecule has 0 saturated carbocycles. The number of benzene rings is 1. The van der Waals surface area contributed by atoms with E-state index < -0.39 is 11.9 Å². The van der Waals surface area contributed by atoms with Crippen molar-refractivity contribution in [3.8, 4) is 0 Å². The Labute approximate surface area is 147 Å². The molecule has 128 valence electrons. The number of ether oxygens (including phenoxy) is 1. The van der Waals surface area contributed by atoms with Crippen molar-refractivity contribution >= 4 is 28.2 Å². The molecule has 0 aliphatic heterocycles. The van der Waals surface area contributed by atoms with E-state index in [-0.39, 0.29) is 18.2 Å². The first-order chi connectivity index (χ1) is 12.0. The van der Waals surface area contributed by atoms with Gasteiger partial charge in [-0.2, -0.15) is 0 Å². The van der Waals surface area contributed by atoms with Crippen LogP contribution in [0.1, 0.15) is 31.4 Å². The van der Waals surface area contributed by atoms with Gasteiger partial charge in [0.2, 0.25) is 0 Å². The highest BCUT2D eigenvalue weighted by Gasteiger charge is 2.17. The Kier molecular flexibility index (Phi) is 4.95. The van der Waals surface area contributed by atoms with Gasteiger partial charge in [-0.05, 0) is 48.4 Å². The first-order valence-corrected chi connectivity index (χ1v) is 8.21. The van der Waals surface area contributed by atoms with Crippen LogP contribution in [0.3, 0.4) is 0 Å². The maximum absolute atomic E-state index is 12.9. The molecule has 0 aliphatic rings. The van der Waals surface area contributed by atoms with Gasteiger partial charge in [0.15, 0.2) is 5.76 Å². The third kappa shape index (κ3) is 4.13. The fraction of sp³-hybridized carbons (Fsp3) is 0.111. The fourth-order valence-corrected chi connectivity index (χ4v) is 3.08. The largest absolute Gasteiger partial charge is 0.459 e. The SMILES string of the molecule is Cc1cc(NC(=O)c2ccco2)sc1C(=O)OCc1ccc(F)cc1. The normalized spacial score (nSPS) is 10.5. The Hall–Kier alpha value is -2.93. The van der Waals surface area contributed by atoms with Gasteiger partial charge in [0.05, 0.1) is 11.3 Å². The van der Waals surface area contributed by atoms with Crippen molar-refractivity contribution in [2.75, 3.05) is 5.32 Å². The van der Waals surface area contributed by atoms with Crippen molar-refractivity contribution in [2.45, 2.75) is 13.5 Å². The van der Waals surface area contributed by atoms with E-state index in [0.29, 0.717) is 21.0 Å². The molecule has 2 aromatic heterocycles. The zero-order valence-electron chi connectivity index (χ0n) is 13.2. The van der Waals surface area contributed by atoms with Crippen LogP contribution in [-0.4, -0.2) is 11.9 Å². The quantitative estimate of drug-likeness (QED) is 0.686. The molecule has 3 rings (SSSR count). The lowest BCUT2D eigenvalue weighted by atomic mass is 10.2. The van der Waals surface area contributed by atoms with Crippen molar-refractivity contribution in [3.05, 3.63) is 76.3 Å². The maximum Gasteiger partial charge on any atom is 0.348 e. The highest BCUT2D eigenvalue weighted by Crippen LogP contribution is 2.28. The zero-order chi connectivity index (χ0) is 17.8. The summed E-state index contributed by atoms with van der Waals surface area (Å²) < 4.78 is 23.1. The third-order valence-corrected chi connectivity index (χ3v) is 4.50. The molecule has 0 saturated heterocycles. The van der Waals surface area contributed by atoms with E-state index in [1.165, 1.54) is 18.4 Å². The molecule has 0 atom stereocenters. The molecule has 0 bridgehead atoms. The number of carbonyl (C=O) groups is 2. The molecule has 0 fully saturated rings. The molecular formula is C18H14FNO4S. The summed E-state index contributed by atoms with van der Waals surface area (Å²) in [5.74, 6) is -1.05. The number of carbonyl (C=O) groups excluding carboxylic acids is 2. The first-order valence-electron chi connectivity index (χ1n) is 7.40. The molecule has 2 heterocycles. The number of thiophene rings is 1. The summed E-state index contributed by atoms with van der Waals surface area (Å²) in [4.78, 5) is 24.6. The molecule has 0 unspecified atom stereocenters. The van der Waals surface area contributed by atoms with Crippen molar-refractivity contribution in [1.82, 2.24) is 0 Å². The molecule has 0 spiro atoms. The van der Waals surface area contributed by atoms with E-state index in [1.807, 2.05) is 0 Å². The topological polar surface area (TPSA) is 68.5 Å². The van der Waals surface area contributed by atoms with Crippen molar-refractivity contribution in [1.29, 1.82) is 0 Å². The summed E-state index contributed by atoms with van der Waals surface area (Å²) in [6.07, 6.45) is 1.41. The monoisotopic (exact) mass is 359 g/mol. The predicted octanol–water partition coefficient (Wildman–Crippen LogP) is 4.40. The molecule has 0 radical (unpaired) electrons. The third-order valence-electron chi connectivity index (χ3n) is 3.37. The van der Waals surface area contributed by atoms with Gasteiger partial charge in [-0.15, -0.1) is 11.3 Å². The van der Waals surface area contributed by atoms with Gasteiger partial charge in [-0.25, -0.2) is 9.18 Å². The van der Waals surface area contributed by atoms with Crippen LogP contribution >= 0.6 is 11.3 Å². The highest BCUT2D eigenvalue weighted by molar-refractivity contribution is 7.18. The average Bonchev–Trinajstić information content (AvgIpc) is 3.24. The minimum Gasteiger partial charge on any atom is -0.459 e. The van der Waals surface area contributed by atoms with Crippen LogP contribution in [0.2, 0.25) is 0 Å². The second-order valence-corrected chi connectivity index (χ2v) is 6.31. The van der Waals surface area contributed by atoms with Gasteiger partial charge < -0.3 is 14.5 Å². The molecular weight excluding hydrogens is 345 g/mol. The van der Waals surface area contributed by atoms with Crippen molar-refractivity contribution in [2.24, 2.45) is 0 Å². The van der Waals surface area contributed by atoms with Crippen LogP contribution in [0.5, 0.6) is 0 Å². The maximum atomic E-state index is 12.9. The Bertz CT molecular complexity index is 884. The lowest BCUT2D eigenvalue weighted by molar-refractivity contribution is 0.0477. The lowest BCUT2D eigenvalue weighted by Gasteiger charge is -2.04. The van der Waals surface area contributed by atoms with Crippen molar-refractivity contribution in [3.63, 3.8) is 0 Å². The standard InChI is InChI=1S/C18H14FNO4S/c1-11-9-15(20-17(21)14-3-2-8-23-14)25-16(11)18(22)24-10-12-4-6-13(19)7-5-12/h2-9H,10H2,1H3,(H,20,21). The number of rotatable bonds is 5. The van der Waals surface area contributed by atoms with Crippen LogP contribution in [-0.2, 0) is 11.3 Å². The molecule has 0 aliphatic carbocycles. The number of anilines is 1. The summed E-state index contributed by atoms with van der Waals surface area (Å²) in [6.45, 7) is 1.80. The Morgan fingerprint density at radius 1 is 1.24 bits per heavy atom. The van der Waals surface area contributed by atoms with E-state index >= 15 is 0 Å². The summed E-state index contributed by atoms with van der Waals surface area (Å²) in [5, 5.41) is 3.20. The number of furan rings is 1. The number of nitrogens with one attached hydrogen (secondary N) is 1. The minimum atomic E-state index is -0.495. The van der Waals surface area contributed by atoms with Crippen LogP contribution in [0.15, 0.2) is 53.1 Å². The highest BCUT2D eigenvalue weighted by atomic mass is 32.1. The first kappa shape index (κ1) is 16.9. The number of hydrogen-bond donors (Lipinski definition) is 1. The summed E-state index contributed by atoms with van der Waals surface area (Å²) in [6, 6.07) is 10.6. The van der Waals surface area contributed by atoms with E-state index in [9.17, 15) is 14.0 Å². The zero-order valence-corrected chi connectivity index (χ0v) is 14.1. The van der Waals surface area contributed by atoms with E-state index in [2.05, 4.69) is 5.32 Å². The molecule has 5 nitrogen and oxygen atoms in total. The number of halogens is 1. The number of amides is 1. The summed E-state index contributed by atoms with van der Waals surface area (Å²) >= 11 is 1.12. The molecule has 7 heteroatoms. The van der Waals surface area contributed by atoms with E-state index in [0.717, 1.165) is 11.3 Å². The minimum absolute atomic E-state index is 0.0462. The van der Waals surface area contributed by atoms with E-state index in [4.69, 9.17) is 9.15 Å². The lowest BCUT2D eigenvalue weighted by Crippen LogP contribution is -2.09. The van der Waals surface area contributed by atoms with Crippen LogP contribution < -0.4 is 5.32 Å². The Morgan fingerprint density at radius 3 is 2.68 bits per heavy atom. The van der Waals surface area contributed by atoms with Gasteiger partial charge in [-0.3, -0.25) is 4.79 Å². The number of esters is 1. The fourth-order valence-electron chi connectivity index (χ4n) is 2.12. The summed E-state index contributed by atoms with van der Waals surface area (Å²) in [7, 11) is 0. The van der Waals surface area contributed by atoms with Gasteiger partial charge >= 0.3 is 5.97 Å². The second-order valence-electron chi connectivity index (χ2n) is 5.26. The predicted molar refractivity (Wildman–Crippen MR) is 91.2 cm³/mol. The van der Waals surface area contributed by atoms with E-state index in [1.54, 1.807) is 37.3 Å². The molecule has 1 N–H and O–H groups in total. The van der Waals surface area contributed by atoms with Crippen LogP contribution in [0.4, 0.5) is 9.39 Å². The average molecular weight is 359 g/mol. The van der Waals surface area contributed by atoms with Gasteiger partial charge in [-0.1, -0.05) is 12.1 Å².